The summed E-state index contributed by atoms with van der Waals surface area (Å²) in [6.45, 7) is 22.0. The molecule has 0 N–H and O–H groups in total. The molecule has 1 saturated heterocycles. The molecule has 0 aromatic rings. The molecule has 0 aromatic carbocycles. The molecular weight excluding hydrogens is 420 g/mol. The first-order valence-electron chi connectivity index (χ1n) is 10.4. The van der Waals surface area contributed by atoms with Crippen LogP contribution in [0.4, 0.5) is 0 Å². The van der Waals surface area contributed by atoms with Crippen LogP contribution in [0.3, 0.4) is 0 Å². The molecule has 1 aliphatic carbocycles. The van der Waals surface area contributed by atoms with E-state index < -0.39 is 39.4 Å². The van der Waals surface area contributed by atoms with Crippen LogP contribution in [0.1, 0.15) is 48.0 Å². The van der Waals surface area contributed by atoms with Crippen LogP contribution in [0.5, 0.6) is 0 Å². The number of terminal acetylenes is 1. The summed E-state index contributed by atoms with van der Waals surface area (Å²) in [6, 6.07) is 0. The summed E-state index contributed by atoms with van der Waals surface area (Å²) in [5, 5.41) is 0.0801. The molecule has 2 fully saturated rings. The molecular formula is C21H40O5SSi2. The zero-order valence-corrected chi connectivity index (χ0v) is 22.9. The third-order valence-corrected chi connectivity index (χ3v) is 16.7. The minimum absolute atomic E-state index is 0.0115. The number of ether oxygens (including phenoxy) is 1. The average molecular weight is 461 g/mol. The molecule has 0 radical (unpaired) electrons. The second-order valence-electron chi connectivity index (χ2n) is 11.5. The van der Waals surface area contributed by atoms with Crippen molar-refractivity contribution in [1.29, 1.82) is 0 Å². The second kappa shape index (κ2) is 7.84. The van der Waals surface area contributed by atoms with Crippen LogP contribution in [0.15, 0.2) is 0 Å². The normalized spacial score (nSPS) is 34.3. The number of fused-ring (bicyclic) bond motifs is 1. The predicted octanol–water partition coefficient (Wildman–Crippen LogP) is 4.62. The molecule has 2 rings (SSSR count). The van der Waals surface area contributed by atoms with Gasteiger partial charge in [-0.05, 0) is 36.3 Å². The number of hydrogen-bond donors (Lipinski definition) is 0. The quantitative estimate of drug-likeness (QED) is 0.329. The summed E-state index contributed by atoms with van der Waals surface area (Å²) in [7, 11) is -4.18. The lowest BCUT2D eigenvalue weighted by Gasteiger charge is -2.47. The van der Waals surface area contributed by atoms with Gasteiger partial charge in [-0.3, -0.25) is 4.18 Å². The lowest BCUT2D eigenvalue weighted by molar-refractivity contribution is -0.0469. The van der Waals surface area contributed by atoms with Gasteiger partial charge in [0.2, 0.25) is 0 Å². The minimum Gasteiger partial charge on any atom is -0.411 e. The third kappa shape index (κ3) is 5.08. The van der Waals surface area contributed by atoms with Gasteiger partial charge in [0.1, 0.15) is 18.3 Å². The number of hydrogen-bond acceptors (Lipinski definition) is 5. The first-order valence-corrected chi connectivity index (χ1v) is 17.7. The molecule has 1 unspecified atom stereocenters. The zero-order valence-electron chi connectivity index (χ0n) is 20.0. The highest BCUT2D eigenvalue weighted by Crippen LogP contribution is 2.51. The maximum atomic E-state index is 12.1. The van der Waals surface area contributed by atoms with Crippen molar-refractivity contribution < 1.29 is 22.0 Å². The van der Waals surface area contributed by atoms with Crippen LogP contribution in [0.25, 0.3) is 0 Å². The summed E-state index contributed by atoms with van der Waals surface area (Å²) in [6.07, 6.45) is 7.10. The third-order valence-electron chi connectivity index (χ3n) is 7.18. The molecule has 29 heavy (non-hydrogen) atoms. The largest absolute Gasteiger partial charge is 0.411 e. The molecule has 6 atom stereocenters. The lowest BCUT2D eigenvalue weighted by atomic mass is 9.81. The van der Waals surface area contributed by atoms with E-state index in [-0.39, 0.29) is 28.4 Å². The van der Waals surface area contributed by atoms with Crippen LogP contribution in [0.2, 0.25) is 36.3 Å². The van der Waals surface area contributed by atoms with Crippen molar-refractivity contribution in [2.75, 3.05) is 6.26 Å². The van der Waals surface area contributed by atoms with E-state index in [4.69, 9.17) is 24.2 Å². The molecule has 0 bridgehead atoms. The summed E-state index contributed by atoms with van der Waals surface area (Å²) in [5.41, 5.74) is -1.13. The minimum atomic E-state index is -2.15. The van der Waals surface area contributed by atoms with Crippen LogP contribution in [0, 0.1) is 12.3 Å². The van der Waals surface area contributed by atoms with E-state index in [1.807, 2.05) is 0 Å². The maximum Gasteiger partial charge on any atom is 0.192 e. The molecule has 0 spiro atoms. The Labute approximate surface area is 182 Å². The van der Waals surface area contributed by atoms with Gasteiger partial charge in [-0.2, -0.15) is 0 Å². The molecule has 168 valence electrons. The van der Waals surface area contributed by atoms with Crippen molar-refractivity contribution in [3.05, 3.63) is 0 Å². The standard InChI is InChI=1S/C21H40O5SSi2/c1-13-21(26-27(8)22)14-15(24-28(9,10)19(2,3)4)16-17(23-16)18(21)25-29(11,12)20(5,6)7/h1,15-18H,14H2,2-12H3/t15-,16+,17+,18-,21+,27?/m1/s1. The monoisotopic (exact) mass is 460 g/mol. The number of rotatable bonds is 6. The van der Waals surface area contributed by atoms with Gasteiger partial charge in [0.05, 0.1) is 6.10 Å². The molecule has 0 amide bonds. The van der Waals surface area contributed by atoms with Gasteiger partial charge >= 0.3 is 0 Å². The summed E-state index contributed by atoms with van der Waals surface area (Å²) in [4.78, 5) is 0. The Balaban J connectivity index is 2.37. The average Bonchev–Trinajstić information content (AvgIpc) is 3.28. The van der Waals surface area contributed by atoms with Crippen LogP contribution >= 0.6 is 0 Å². The first kappa shape index (κ1) is 25.2. The summed E-state index contributed by atoms with van der Waals surface area (Å²) >= 11 is -1.53. The highest BCUT2D eigenvalue weighted by molar-refractivity contribution is 7.79. The van der Waals surface area contributed by atoms with Crippen LogP contribution in [-0.2, 0) is 28.9 Å². The van der Waals surface area contributed by atoms with Crippen molar-refractivity contribution >= 4 is 27.7 Å². The van der Waals surface area contributed by atoms with Crippen molar-refractivity contribution in [3.8, 4) is 12.3 Å². The fourth-order valence-corrected chi connectivity index (χ4v) is 6.52. The van der Waals surface area contributed by atoms with E-state index in [2.05, 4.69) is 73.7 Å². The van der Waals surface area contributed by atoms with E-state index in [0.29, 0.717) is 6.42 Å². The van der Waals surface area contributed by atoms with E-state index in [9.17, 15) is 4.21 Å². The molecule has 1 heterocycles. The fraction of sp³-hybridized carbons (Fsp3) is 0.905. The highest BCUT2D eigenvalue weighted by atomic mass is 32.2. The predicted molar refractivity (Wildman–Crippen MR) is 124 cm³/mol. The van der Waals surface area contributed by atoms with E-state index >= 15 is 0 Å². The highest BCUT2D eigenvalue weighted by Gasteiger charge is 2.66. The van der Waals surface area contributed by atoms with Gasteiger partial charge < -0.3 is 13.6 Å². The molecule has 2 aliphatic rings. The Morgan fingerprint density at radius 3 is 1.90 bits per heavy atom. The number of epoxide rings is 1. The van der Waals surface area contributed by atoms with Crippen molar-refractivity contribution in [2.24, 2.45) is 0 Å². The van der Waals surface area contributed by atoms with E-state index in [1.165, 1.54) is 6.26 Å². The Bertz CT molecular complexity index is 689. The van der Waals surface area contributed by atoms with E-state index in [0.717, 1.165) is 0 Å². The van der Waals surface area contributed by atoms with E-state index in [1.54, 1.807) is 0 Å². The fourth-order valence-electron chi connectivity index (χ4n) is 3.25. The summed E-state index contributed by atoms with van der Waals surface area (Å²) < 4.78 is 37.5. The maximum absolute atomic E-state index is 12.1. The molecule has 0 aromatic heterocycles. The van der Waals surface area contributed by atoms with Crippen LogP contribution in [-0.4, -0.2) is 57.1 Å². The van der Waals surface area contributed by atoms with Gasteiger partial charge in [0, 0.05) is 12.7 Å². The Kier molecular flexibility index (Phi) is 6.82. The van der Waals surface area contributed by atoms with Gasteiger partial charge in [0.15, 0.2) is 33.3 Å². The molecule has 1 aliphatic heterocycles. The van der Waals surface area contributed by atoms with Gasteiger partial charge in [-0.1, -0.05) is 47.5 Å². The molecule has 1 saturated carbocycles. The van der Waals surface area contributed by atoms with Gasteiger partial charge in [-0.15, -0.1) is 6.42 Å². The lowest BCUT2D eigenvalue weighted by Crippen LogP contribution is -2.61. The molecule has 5 nitrogen and oxygen atoms in total. The van der Waals surface area contributed by atoms with Crippen molar-refractivity contribution in [2.45, 2.75) is 114 Å². The Morgan fingerprint density at radius 2 is 1.48 bits per heavy atom. The SMILES string of the molecule is C#C[C@]1(OS(C)=O)C[C@@H](O[Si](C)(C)C(C)(C)C)[C@@H]2O[C@@H]2[C@H]1O[Si](C)(C)C(C)(C)C. The van der Waals surface area contributed by atoms with Crippen molar-refractivity contribution in [3.63, 3.8) is 0 Å². The zero-order chi connectivity index (χ0) is 22.6. The van der Waals surface area contributed by atoms with Crippen molar-refractivity contribution in [1.82, 2.24) is 0 Å². The second-order valence-corrected chi connectivity index (χ2v) is 22.0. The first-order chi connectivity index (χ1) is 12.9. The topological polar surface area (TPSA) is 57.3 Å². The Hall–Kier alpha value is -0.0162. The molecule has 8 heteroatoms. The van der Waals surface area contributed by atoms with Crippen LogP contribution < -0.4 is 0 Å². The smallest absolute Gasteiger partial charge is 0.192 e. The van der Waals surface area contributed by atoms with Gasteiger partial charge in [-0.25, -0.2) is 4.21 Å². The summed E-state index contributed by atoms with van der Waals surface area (Å²) in [5.74, 6) is 2.82. The van der Waals surface area contributed by atoms with Gasteiger partial charge in [0.25, 0.3) is 0 Å². The Morgan fingerprint density at radius 1 is 1.00 bits per heavy atom.